The number of thiophene rings is 1. The van der Waals surface area contributed by atoms with Gasteiger partial charge in [-0.25, -0.2) is 14.8 Å². The first kappa shape index (κ1) is 22.4. The minimum atomic E-state index is -0.946. The summed E-state index contributed by atoms with van der Waals surface area (Å²) >= 11 is 1.67. The Kier molecular flexibility index (Phi) is 7.73. The van der Waals surface area contributed by atoms with E-state index >= 15 is 0 Å². The zero-order chi connectivity index (χ0) is 22.2. The number of hydrogen-bond donors (Lipinski definition) is 2. The van der Waals surface area contributed by atoms with E-state index in [0.717, 1.165) is 46.9 Å². The summed E-state index contributed by atoms with van der Waals surface area (Å²) in [6.45, 7) is 8.12. The molecular weight excluding hydrogens is 406 g/mol. The quantitative estimate of drug-likeness (QED) is 0.346. The van der Waals surface area contributed by atoms with Gasteiger partial charge in [0.1, 0.15) is 5.82 Å². The molecule has 5 nitrogen and oxygen atoms in total. The van der Waals surface area contributed by atoms with Crippen molar-refractivity contribution in [1.29, 1.82) is 0 Å². The number of hydrogen-bond acceptors (Lipinski definition) is 5. The molecule has 6 heteroatoms. The summed E-state index contributed by atoms with van der Waals surface area (Å²) in [6, 6.07) is 10.8. The molecular formula is C25H27N3O2S. The number of aromatic nitrogens is 2. The predicted molar refractivity (Wildman–Crippen MR) is 129 cm³/mol. The van der Waals surface area contributed by atoms with Crippen LogP contribution in [0.1, 0.15) is 53.2 Å². The fourth-order valence-corrected chi connectivity index (χ4v) is 4.03. The summed E-state index contributed by atoms with van der Waals surface area (Å²) in [4.78, 5) is 23.0. The van der Waals surface area contributed by atoms with Gasteiger partial charge >= 0.3 is 5.97 Å². The smallest absolute Gasteiger partial charge is 0.335 e. The van der Waals surface area contributed by atoms with Crippen molar-refractivity contribution < 1.29 is 9.90 Å². The maximum atomic E-state index is 11.1. The van der Waals surface area contributed by atoms with Gasteiger partial charge in [-0.3, -0.25) is 0 Å². The van der Waals surface area contributed by atoms with E-state index in [4.69, 9.17) is 15.1 Å². The molecule has 2 aromatic heterocycles. The Bertz CT molecular complexity index is 1080. The molecule has 2 heterocycles. The molecule has 0 saturated carbocycles. The molecule has 31 heavy (non-hydrogen) atoms. The van der Waals surface area contributed by atoms with Crippen LogP contribution in [0.4, 0.5) is 11.5 Å². The van der Waals surface area contributed by atoms with Crippen molar-refractivity contribution in [3.8, 4) is 10.7 Å². The lowest BCUT2D eigenvalue weighted by atomic mass is 10.1. The van der Waals surface area contributed by atoms with Crippen molar-refractivity contribution >= 4 is 34.9 Å². The van der Waals surface area contributed by atoms with E-state index in [1.54, 1.807) is 35.6 Å². The van der Waals surface area contributed by atoms with Gasteiger partial charge in [-0.2, -0.15) is 0 Å². The average Bonchev–Trinajstić information content (AvgIpc) is 3.24. The second kappa shape index (κ2) is 10.7. The maximum absolute atomic E-state index is 11.1. The fraction of sp³-hybridized carbons (Fsp3) is 0.240. The van der Waals surface area contributed by atoms with Gasteiger partial charge in [-0.15, -0.1) is 17.9 Å². The lowest BCUT2D eigenvalue weighted by Crippen LogP contribution is -2.07. The van der Waals surface area contributed by atoms with Crippen LogP contribution in [0.2, 0.25) is 0 Å². The number of aromatic carboxylic acids is 1. The summed E-state index contributed by atoms with van der Waals surface area (Å²) in [5.74, 6) is 0.466. The zero-order valence-corrected chi connectivity index (χ0v) is 18.7. The highest BCUT2D eigenvalue weighted by atomic mass is 32.1. The third-order valence-electron chi connectivity index (χ3n) is 4.76. The first-order chi connectivity index (χ1) is 15.0. The van der Waals surface area contributed by atoms with E-state index in [2.05, 4.69) is 50.0 Å². The monoisotopic (exact) mass is 433 g/mol. The number of allylic oxidation sites excluding steroid dienone is 2. The minimum absolute atomic E-state index is 0.247. The maximum Gasteiger partial charge on any atom is 0.335 e. The number of nitrogens with one attached hydrogen (secondary N) is 1. The van der Waals surface area contributed by atoms with E-state index in [1.807, 2.05) is 6.08 Å². The Hall–Kier alpha value is -3.25. The largest absolute Gasteiger partial charge is 0.478 e. The van der Waals surface area contributed by atoms with Gasteiger partial charge in [-0.05, 0) is 61.7 Å². The summed E-state index contributed by atoms with van der Waals surface area (Å²) < 4.78 is 0. The molecule has 0 atom stereocenters. The number of unbranched alkanes of at least 4 members (excludes halogenated alkanes) is 1. The first-order valence-corrected chi connectivity index (χ1v) is 11.2. The van der Waals surface area contributed by atoms with Crippen molar-refractivity contribution in [3.63, 3.8) is 0 Å². The number of carboxylic acids is 1. The van der Waals surface area contributed by atoms with Crippen LogP contribution >= 0.6 is 11.3 Å². The van der Waals surface area contributed by atoms with Gasteiger partial charge in [0.2, 0.25) is 0 Å². The highest BCUT2D eigenvalue weighted by Gasteiger charge is 2.15. The molecule has 0 bridgehead atoms. The molecule has 0 spiro atoms. The van der Waals surface area contributed by atoms with Gasteiger partial charge in [0.15, 0.2) is 5.82 Å². The Labute approximate surface area is 187 Å². The van der Waals surface area contributed by atoms with E-state index in [0.29, 0.717) is 12.2 Å². The molecule has 160 valence electrons. The molecule has 0 aliphatic carbocycles. The summed E-state index contributed by atoms with van der Waals surface area (Å²) in [5, 5.41) is 12.5. The van der Waals surface area contributed by atoms with Crippen LogP contribution in [0.25, 0.3) is 16.8 Å². The number of carboxylic acid groups (broad SMARTS) is 1. The van der Waals surface area contributed by atoms with Crippen LogP contribution in [-0.4, -0.2) is 21.0 Å². The molecule has 1 aromatic carbocycles. The molecule has 0 unspecified atom stereocenters. The third-order valence-corrected chi connectivity index (χ3v) is 5.80. The topological polar surface area (TPSA) is 75.1 Å². The molecule has 0 aliphatic rings. The summed E-state index contributed by atoms with van der Waals surface area (Å²) in [7, 11) is 0. The predicted octanol–water partition coefficient (Wildman–Crippen LogP) is 6.75. The highest BCUT2D eigenvalue weighted by Crippen LogP contribution is 2.31. The van der Waals surface area contributed by atoms with Crippen molar-refractivity contribution in [1.82, 2.24) is 9.97 Å². The van der Waals surface area contributed by atoms with Crippen molar-refractivity contribution in [2.75, 3.05) is 5.32 Å². The van der Waals surface area contributed by atoms with Gasteiger partial charge in [-0.1, -0.05) is 32.4 Å². The zero-order valence-electron chi connectivity index (χ0n) is 17.9. The molecule has 0 radical (unpaired) electrons. The number of anilines is 2. The first-order valence-electron chi connectivity index (χ1n) is 10.4. The second-order valence-electron chi connectivity index (χ2n) is 7.07. The third kappa shape index (κ3) is 5.67. The SMILES string of the molecule is C=CCc1c(CC)nc(-c2ccc(/C=C/CCC)s2)nc1Nc1ccc(C(=O)O)cc1. The number of rotatable bonds is 10. The highest BCUT2D eigenvalue weighted by molar-refractivity contribution is 7.16. The fourth-order valence-electron chi connectivity index (χ4n) is 3.16. The molecule has 0 amide bonds. The molecule has 0 saturated heterocycles. The molecule has 2 N–H and O–H groups in total. The standard InChI is InChI=1S/C25H27N3O2S/c1-4-7-8-10-19-15-16-22(31-19)24-27-21(6-3)20(9-5-2)23(28-24)26-18-13-11-17(12-14-18)25(29)30/h5,8,10-16H,2,4,6-7,9H2,1,3H3,(H,29,30)(H,26,27,28)/b10-8+. The summed E-state index contributed by atoms with van der Waals surface area (Å²) in [6.07, 6.45) is 9.80. The van der Waals surface area contributed by atoms with E-state index in [9.17, 15) is 4.79 Å². The Morgan fingerprint density at radius 1 is 1.16 bits per heavy atom. The van der Waals surface area contributed by atoms with E-state index < -0.39 is 5.97 Å². The van der Waals surface area contributed by atoms with Crippen LogP contribution in [0.15, 0.2) is 55.1 Å². The average molecular weight is 434 g/mol. The van der Waals surface area contributed by atoms with Gasteiger partial charge in [0.25, 0.3) is 0 Å². The van der Waals surface area contributed by atoms with Crippen molar-refractivity contribution in [3.05, 3.63) is 76.8 Å². The van der Waals surface area contributed by atoms with E-state index in [1.165, 1.54) is 4.88 Å². The summed E-state index contributed by atoms with van der Waals surface area (Å²) in [5.41, 5.74) is 3.00. The number of benzene rings is 1. The normalized spacial score (nSPS) is 11.0. The van der Waals surface area contributed by atoms with E-state index in [-0.39, 0.29) is 5.56 Å². The molecule has 3 rings (SSSR count). The van der Waals surface area contributed by atoms with Gasteiger partial charge < -0.3 is 10.4 Å². The van der Waals surface area contributed by atoms with Crippen LogP contribution in [-0.2, 0) is 12.8 Å². The van der Waals surface area contributed by atoms with Crippen LogP contribution in [0, 0.1) is 0 Å². The number of carbonyl (C=O) groups is 1. The lowest BCUT2D eigenvalue weighted by Gasteiger charge is -2.15. The number of aryl methyl sites for hydroxylation is 1. The van der Waals surface area contributed by atoms with Gasteiger partial charge in [0, 0.05) is 21.8 Å². The minimum Gasteiger partial charge on any atom is -0.478 e. The van der Waals surface area contributed by atoms with Crippen molar-refractivity contribution in [2.45, 2.75) is 39.5 Å². The second-order valence-corrected chi connectivity index (χ2v) is 8.18. The van der Waals surface area contributed by atoms with Crippen LogP contribution < -0.4 is 5.32 Å². The Morgan fingerprint density at radius 3 is 2.58 bits per heavy atom. The Morgan fingerprint density at radius 2 is 1.94 bits per heavy atom. The lowest BCUT2D eigenvalue weighted by molar-refractivity contribution is 0.0697. The number of nitrogens with zero attached hydrogens (tertiary/aromatic N) is 2. The molecule has 0 fully saturated rings. The Balaban J connectivity index is 1.98. The van der Waals surface area contributed by atoms with Crippen molar-refractivity contribution in [2.24, 2.45) is 0 Å². The molecule has 0 aliphatic heterocycles. The van der Waals surface area contributed by atoms with Crippen LogP contribution in [0.3, 0.4) is 0 Å². The molecule has 3 aromatic rings. The van der Waals surface area contributed by atoms with Gasteiger partial charge in [0.05, 0.1) is 10.4 Å². The van der Waals surface area contributed by atoms with Crippen LogP contribution in [0.5, 0.6) is 0 Å².